The van der Waals surface area contributed by atoms with Gasteiger partial charge in [-0.15, -0.1) is 10.2 Å². The fraction of sp³-hybridized carbons (Fsp3) is 0.308. The Kier molecular flexibility index (Phi) is 6.59. The number of aromatic amines is 1. The zero-order valence-corrected chi connectivity index (χ0v) is 21.0. The van der Waals surface area contributed by atoms with Gasteiger partial charge in [0.1, 0.15) is 5.76 Å². The molecule has 1 amide bonds. The predicted molar refractivity (Wildman–Crippen MR) is 132 cm³/mol. The molecule has 2 aromatic heterocycles. The quantitative estimate of drug-likeness (QED) is 0.392. The van der Waals surface area contributed by atoms with Crippen molar-refractivity contribution in [3.8, 4) is 22.9 Å². The van der Waals surface area contributed by atoms with Crippen LogP contribution in [0.4, 0.5) is 5.69 Å². The number of carbonyl (C=O) groups is 1. The smallest absolute Gasteiger partial charge is 0.291 e. The molecular weight excluding hydrogens is 446 g/mol. The van der Waals surface area contributed by atoms with Gasteiger partial charge in [-0.3, -0.25) is 4.79 Å². The second-order valence-corrected chi connectivity index (χ2v) is 8.49. The van der Waals surface area contributed by atoms with E-state index in [1.807, 2.05) is 6.07 Å². The van der Waals surface area contributed by atoms with Crippen molar-refractivity contribution >= 4 is 11.6 Å². The number of rotatable bonds is 7. The van der Waals surface area contributed by atoms with E-state index < -0.39 is 5.91 Å². The minimum absolute atomic E-state index is 0.199. The molecular formula is C26H29N5O4. The summed E-state index contributed by atoms with van der Waals surface area (Å²) < 4.78 is 16.7. The van der Waals surface area contributed by atoms with E-state index in [4.69, 9.17) is 13.9 Å². The van der Waals surface area contributed by atoms with Crippen LogP contribution in [-0.4, -0.2) is 40.8 Å². The molecule has 0 spiro atoms. The molecule has 0 atom stereocenters. The number of benzene rings is 2. The van der Waals surface area contributed by atoms with Crippen LogP contribution < -0.4 is 14.8 Å². The molecule has 9 heteroatoms. The van der Waals surface area contributed by atoms with Crippen LogP contribution in [0.2, 0.25) is 0 Å². The van der Waals surface area contributed by atoms with Gasteiger partial charge in [-0.2, -0.15) is 5.21 Å². The van der Waals surface area contributed by atoms with E-state index in [2.05, 4.69) is 60.6 Å². The lowest BCUT2D eigenvalue weighted by Gasteiger charge is -2.18. The number of carbonyl (C=O) groups excluding carboxylic acids is 1. The first kappa shape index (κ1) is 24.0. The minimum atomic E-state index is -0.405. The number of amides is 1. The number of anilines is 1. The monoisotopic (exact) mass is 475 g/mol. The zero-order valence-electron chi connectivity index (χ0n) is 21.0. The third kappa shape index (κ3) is 4.49. The normalized spacial score (nSPS) is 10.9. The highest BCUT2D eigenvalue weighted by Gasteiger charge is 2.20. The molecule has 0 aliphatic rings. The maximum atomic E-state index is 13.1. The van der Waals surface area contributed by atoms with Gasteiger partial charge in [-0.05, 0) is 91.4 Å². The summed E-state index contributed by atoms with van der Waals surface area (Å²) in [6, 6.07) is 6.85. The Labute approximate surface area is 203 Å². The molecule has 9 nitrogen and oxygen atoms in total. The predicted octanol–water partition coefficient (Wildman–Crippen LogP) is 4.86. The van der Waals surface area contributed by atoms with E-state index in [0.29, 0.717) is 35.0 Å². The van der Waals surface area contributed by atoms with Crippen molar-refractivity contribution in [2.45, 2.75) is 41.0 Å². The number of hydrogen-bond donors (Lipinski definition) is 2. The van der Waals surface area contributed by atoms with Crippen molar-refractivity contribution in [2.24, 2.45) is 0 Å². The molecule has 0 saturated carbocycles. The van der Waals surface area contributed by atoms with Crippen LogP contribution in [-0.2, 0) is 6.42 Å². The van der Waals surface area contributed by atoms with Crippen molar-refractivity contribution in [1.82, 2.24) is 20.6 Å². The van der Waals surface area contributed by atoms with Crippen molar-refractivity contribution < 1.29 is 18.7 Å². The van der Waals surface area contributed by atoms with Crippen molar-refractivity contribution in [3.63, 3.8) is 0 Å². The summed E-state index contributed by atoms with van der Waals surface area (Å²) in [5, 5.41) is 17.0. The summed E-state index contributed by atoms with van der Waals surface area (Å²) in [6.45, 7) is 10.7. The molecule has 35 heavy (non-hydrogen) atoms. The number of hydrogen-bond acceptors (Lipinski definition) is 7. The van der Waals surface area contributed by atoms with E-state index in [1.54, 1.807) is 18.2 Å². The maximum Gasteiger partial charge on any atom is 0.291 e. The number of aromatic nitrogens is 4. The number of H-pyrrole nitrogens is 1. The molecule has 4 aromatic rings. The van der Waals surface area contributed by atoms with Crippen LogP contribution in [0.15, 0.2) is 28.7 Å². The first-order chi connectivity index (χ1) is 16.7. The summed E-state index contributed by atoms with van der Waals surface area (Å²) >= 11 is 0. The second kappa shape index (κ2) is 9.61. The van der Waals surface area contributed by atoms with Crippen LogP contribution in [0.25, 0.3) is 11.4 Å². The molecule has 0 unspecified atom stereocenters. The molecule has 0 saturated heterocycles. The first-order valence-electron chi connectivity index (χ1n) is 11.2. The molecule has 0 aliphatic carbocycles. The minimum Gasteiger partial charge on any atom is -0.493 e. The van der Waals surface area contributed by atoms with Crippen LogP contribution >= 0.6 is 0 Å². The van der Waals surface area contributed by atoms with Gasteiger partial charge in [0, 0.05) is 12.5 Å². The lowest BCUT2D eigenvalue weighted by Crippen LogP contribution is -2.12. The summed E-state index contributed by atoms with van der Waals surface area (Å²) in [5.41, 5.74) is 8.58. The Morgan fingerprint density at radius 3 is 2.17 bits per heavy atom. The number of furan rings is 1. The van der Waals surface area contributed by atoms with Gasteiger partial charge < -0.3 is 19.2 Å². The Balaban J connectivity index is 1.62. The van der Waals surface area contributed by atoms with Gasteiger partial charge in [-0.1, -0.05) is 0 Å². The van der Waals surface area contributed by atoms with Crippen molar-refractivity contribution in [2.75, 3.05) is 19.5 Å². The Hall–Kier alpha value is -4.14. The zero-order chi connectivity index (χ0) is 25.3. The van der Waals surface area contributed by atoms with Crippen LogP contribution in [0.3, 0.4) is 0 Å². The van der Waals surface area contributed by atoms with Crippen LogP contribution in [0.5, 0.6) is 11.5 Å². The summed E-state index contributed by atoms with van der Waals surface area (Å²) in [4.78, 5) is 13.1. The summed E-state index contributed by atoms with van der Waals surface area (Å²) in [6.07, 6.45) is 0.609. The Morgan fingerprint density at radius 2 is 1.57 bits per heavy atom. The molecule has 2 N–H and O–H groups in total. The average Bonchev–Trinajstić information content (AvgIpc) is 3.56. The SMILES string of the molecule is COc1cc(NC(=O)c2ccc(Cc3c(C)c(C)c(C)c(C)c3C)o2)c(-c2nn[nH]n2)cc1OC. The number of methoxy groups -OCH3 is 2. The number of nitrogens with zero attached hydrogens (tertiary/aromatic N) is 3. The van der Waals surface area contributed by atoms with Crippen LogP contribution in [0.1, 0.15) is 49.7 Å². The number of ether oxygens (including phenoxy) is 2. The van der Waals surface area contributed by atoms with E-state index in [-0.39, 0.29) is 5.76 Å². The first-order valence-corrected chi connectivity index (χ1v) is 11.2. The summed E-state index contributed by atoms with van der Waals surface area (Å²) in [7, 11) is 3.05. The molecule has 2 aromatic carbocycles. The molecule has 0 radical (unpaired) electrons. The van der Waals surface area contributed by atoms with E-state index in [0.717, 1.165) is 5.76 Å². The van der Waals surface area contributed by atoms with Crippen LogP contribution in [0, 0.1) is 34.6 Å². The van der Waals surface area contributed by atoms with Gasteiger partial charge in [0.2, 0.25) is 5.82 Å². The Morgan fingerprint density at radius 1 is 0.943 bits per heavy atom. The molecule has 0 aliphatic heterocycles. The highest BCUT2D eigenvalue weighted by molar-refractivity contribution is 6.04. The fourth-order valence-electron chi connectivity index (χ4n) is 4.24. The van der Waals surface area contributed by atoms with E-state index in [9.17, 15) is 4.79 Å². The lowest BCUT2D eigenvalue weighted by atomic mass is 9.88. The van der Waals surface area contributed by atoms with Gasteiger partial charge in [0.25, 0.3) is 5.91 Å². The third-order valence-corrected chi connectivity index (χ3v) is 6.75. The highest BCUT2D eigenvalue weighted by atomic mass is 16.5. The van der Waals surface area contributed by atoms with Gasteiger partial charge in [-0.25, -0.2) is 0 Å². The Bertz CT molecular complexity index is 1360. The van der Waals surface area contributed by atoms with E-state index in [1.165, 1.54) is 47.6 Å². The lowest BCUT2D eigenvalue weighted by molar-refractivity contribution is 0.0995. The molecule has 0 fully saturated rings. The number of tetrazole rings is 1. The molecule has 4 rings (SSSR count). The third-order valence-electron chi connectivity index (χ3n) is 6.75. The summed E-state index contributed by atoms with van der Waals surface area (Å²) in [5.74, 6) is 1.74. The molecule has 0 bridgehead atoms. The van der Waals surface area contributed by atoms with E-state index >= 15 is 0 Å². The van der Waals surface area contributed by atoms with Crippen molar-refractivity contribution in [3.05, 3.63) is 69.2 Å². The van der Waals surface area contributed by atoms with Gasteiger partial charge in [0.15, 0.2) is 17.3 Å². The van der Waals surface area contributed by atoms with Crippen molar-refractivity contribution in [1.29, 1.82) is 0 Å². The second-order valence-electron chi connectivity index (χ2n) is 8.49. The number of nitrogens with one attached hydrogen (secondary N) is 2. The molecule has 182 valence electrons. The average molecular weight is 476 g/mol. The molecule has 2 heterocycles. The standard InChI is InChI=1S/C26H29N5O4/c1-13-14(2)16(4)19(17(5)15(13)3)10-18-8-9-22(35-18)26(32)27-21-12-24(34-7)23(33-6)11-20(21)25-28-30-31-29-25/h8-9,11-12H,10H2,1-7H3,(H,27,32)(H,28,29,30,31). The maximum absolute atomic E-state index is 13.1. The fourth-order valence-corrected chi connectivity index (χ4v) is 4.24. The van der Waals surface area contributed by atoms with Gasteiger partial charge >= 0.3 is 0 Å². The van der Waals surface area contributed by atoms with Gasteiger partial charge in [0.05, 0.1) is 25.5 Å². The largest absolute Gasteiger partial charge is 0.493 e. The highest BCUT2D eigenvalue weighted by Crippen LogP contribution is 2.37. The topological polar surface area (TPSA) is 115 Å².